The molecule has 0 amide bonds. The SMILES string of the molecule is Cc1nc(=O)n(-c2ccc(Br)cc2Cl)c(C)c1CC(=O)O. The lowest BCUT2D eigenvalue weighted by molar-refractivity contribution is -0.136. The van der Waals surface area contributed by atoms with Crippen molar-refractivity contribution in [2.24, 2.45) is 0 Å². The molecular formula is C14H12BrClN2O3. The molecule has 21 heavy (non-hydrogen) atoms. The third-order valence-electron chi connectivity index (χ3n) is 3.14. The Morgan fingerprint density at radius 2 is 2.10 bits per heavy atom. The van der Waals surface area contributed by atoms with E-state index in [2.05, 4.69) is 20.9 Å². The molecule has 0 atom stereocenters. The van der Waals surface area contributed by atoms with Crippen LogP contribution in [0.15, 0.2) is 27.5 Å². The van der Waals surface area contributed by atoms with Gasteiger partial charge < -0.3 is 5.11 Å². The Morgan fingerprint density at radius 1 is 1.43 bits per heavy atom. The minimum Gasteiger partial charge on any atom is -0.481 e. The molecule has 1 aromatic heterocycles. The van der Waals surface area contributed by atoms with Crippen LogP contribution in [0.4, 0.5) is 0 Å². The second-order valence-corrected chi connectivity index (χ2v) is 5.87. The van der Waals surface area contributed by atoms with Crippen LogP contribution in [-0.4, -0.2) is 20.6 Å². The maximum Gasteiger partial charge on any atom is 0.352 e. The van der Waals surface area contributed by atoms with Crippen molar-refractivity contribution >= 4 is 33.5 Å². The number of aliphatic carboxylic acids is 1. The molecule has 2 rings (SSSR count). The number of aromatic nitrogens is 2. The molecule has 5 nitrogen and oxygen atoms in total. The van der Waals surface area contributed by atoms with Gasteiger partial charge in [-0.15, -0.1) is 0 Å². The predicted molar refractivity (Wildman–Crippen MR) is 83.4 cm³/mol. The minimum absolute atomic E-state index is 0.195. The first-order valence-electron chi connectivity index (χ1n) is 6.07. The van der Waals surface area contributed by atoms with Crippen LogP contribution in [0.5, 0.6) is 0 Å². The van der Waals surface area contributed by atoms with E-state index >= 15 is 0 Å². The lowest BCUT2D eigenvalue weighted by Crippen LogP contribution is -2.27. The average molecular weight is 372 g/mol. The number of hydrogen-bond donors (Lipinski definition) is 1. The molecule has 1 heterocycles. The Kier molecular flexibility index (Phi) is 4.49. The molecule has 7 heteroatoms. The highest BCUT2D eigenvalue weighted by Crippen LogP contribution is 2.25. The van der Waals surface area contributed by atoms with Gasteiger partial charge in [-0.25, -0.2) is 4.79 Å². The Morgan fingerprint density at radius 3 is 2.67 bits per heavy atom. The number of carbonyl (C=O) groups is 1. The fourth-order valence-electron chi connectivity index (χ4n) is 2.15. The largest absolute Gasteiger partial charge is 0.481 e. The zero-order valence-corrected chi connectivity index (χ0v) is 13.7. The monoisotopic (exact) mass is 370 g/mol. The zero-order valence-electron chi connectivity index (χ0n) is 11.4. The molecule has 1 aromatic carbocycles. The standard InChI is InChI=1S/C14H12BrClN2O3/c1-7-10(6-13(19)20)8(2)18(14(21)17-7)12-4-3-9(15)5-11(12)16/h3-5H,6H2,1-2H3,(H,19,20). The van der Waals surface area contributed by atoms with E-state index in [1.54, 1.807) is 32.0 Å². The first kappa shape index (κ1) is 15.7. The van der Waals surface area contributed by atoms with Gasteiger partial charge in [0.05, 0.1) is 17.1 Å². The van der Waals surface area contributed by atoms with Crippen molar-refractivity contribution in [2.45, 2.75) is 20.3 Å². The second-order valence-electron chi connectivity index (χ2n) is 4.55. The predicted octanol–water partition coefficient (Wildman–Crippen LogP) is 2.89. The van der Waals surface area contributed by atoms with Gasteiger partial charge >= 0.3 is 11.7 Å². The third kappa shape index (κ3) is 3.16. The van der Waals surface area contributed by atoms with E-state index in [1.165, 1.54) is 4.57 Å². The molecule has 0 radical (unpaired) electrons. The number of carboxylic acids is 1. The molecule has 0 saturated carbocycles. The molecule has 0 bridgehead atoms. The van der Waals surface area contributed by atoms with Gasteiger partial charge in [-0.2, -0.15) is 4.98 Å². The number of aryl methyl sites for hydroxylation is 1. The van der Waals surface area contributed by atoms with Crippen molar-refractivity contribution in [1.82, 2.24) is 9.55 Å². The summed E-state index contributed by atoms with van der Waals surface area (Å²) >= 11 is 9.47. The van der Waals surface area contributed by atoms with Crippen LogP contribution < -0.4 is 5.69 Å². The van der Waals surface area contributed by atoms with Gasteiger partial charge in [-0.3, -0.25) is 9.36 Å². The van der Waals surface area contributed by atoms with Crippen LogP contribution in [0.3, 0.4) is 0 Å². The first-order valence-corrected chi connectivity index (χ1v) is 7.24. The summed E-state index contributed by atoms with van der Waals surface area (Å²) in [5, 5.41) is 9.37. The molecule has 1 N–H and O–H groups in total. The van der Waals surface area contributed by atoms with Gasteiger partial charge in [-0.05, 0) is 32.0 Å². The van der Waals surface area contributed by atoms with Gasteiger partial charge in [0.2, 0.25) is 0 Å². The summed E-state index contributed by atoms with van der Waals surface area (Å²) in [4.78, 5) is 27.0. The van der Waals surface area contributed by atoms with Gasteiger partial charge in [0.15, 0.2) is 0 Å². The van der Waals surface area contributed by atoms with Crippen LogP contribution in [0.1, 0.15) is 17.0 Å². The molecule has 110 valence electrons. The molecule has 0 aliphatic rings. The summed E-state index contributed by atoms with van der Waals surface area (Å²) in [5.41, 5.74) is 1.45. The van der Waals surface area contributed by atoms with Crippen LogP contribution in [0.25, 0.3) is 5.69 Å². The molecule has 0 saturated heterocycles. The minimum atomic E-state index is -0.977. The van der Waals surface area contributed by atoms with Gasteiger partial charge in [-0.1, -0.05) is 27.5 Å². The summed E-state index contributed by atoms with van der Waals surface area (Å²) < 4.78 is 2.12. The van der Waals surface area contributed by atoms with Crippen molar-refractivity contribution in [3.05, 3.63) is 55.1 Å². The molecule has 0 aliphatic carbocycles. The van der Waals surface area contributed by atoms with E-state index < -0.39 is 11.7 Å². The molecule has 0 unspecified atom stereocenters. The first-order chi connectivity index (χ1) is 9.81. The second kappa shape index (κ2) is 5.99. The fraction of sp³-hybridized carbons (Fsp3) is 0.214. The van der Waals surface area contributed by atoms with E-state index in [-0.39, 0.29) is 6.42 Å². The molecular weight excluding hydrogens is 360 g/mol. The quantitative estimate of drug-likeness (QED) is 0.900. The highest BCUT2D eigenvalue weighted by molar-refractivity contribution is 9.10. The maximum absolute atomic E-state index is 12.2. The fourth-order valence-corrected chi connectivity index (χ4v) is 2.91. The summed E-state index contributed by atoms with van der Waals surface area (Å²) in [7, 11) is 0. The van der Waals surface area contributed by atoms with Crippen molar-refractivity contribution in [1.29, 1.82) is 0 Å². The van der Waals surface area contributed by atoms with Gasteiger partial charge in [0, 0.05) is 21.4 Å². The molecule has 0 spiro atoms. The Labute approximate surface area is 134 Å². The van der Waals surface area contributed by atoms with E-state index in [0.29, 0.717) is 27.7 Å². The van der Waals surface area contributed by atoms with Crippen LogP contribution >= 0.6 is 27.5 Å². The number of carboxylic acid groups (broad SMARTS) is 1. The summed E-state index contributed by atoms with van der Waals surface area (Å²) in [6, 6.07) is 5.10. The summed E-state index contributed by atoms with van der Waals surface area (Å²) in [6.07, 6.45) is -0.195. The summed E-state index contributed by atoms with van der Waals surface area (Å²) in [6.45, 7) is 3.31. The number of rotatable bonds is 3. The molecule has 0 fully saturated rings. The normalized spacial score (nSPS) is 10.7. The third-order valence-corrected chi connectivity index (χ3v) is 3.94. The Hall–Kier alpha value is -1.66. The van der Waals surface area contributed by atoms with E-state index in [9.17, 15) is 9.59 Å². The highest BCUT2D eigenvalue weighted by atomic mass is 79.9. The topological polar surface area (TPSA) is 72.2 Å². The van der Waals surface area contributed by atoms with Crippen molar-refractivity contribution in [2.75, 3.05) is 0 Å². The van der Waals surface area contributed by atoms with E-state index in [4.69, 9.17) is 16.7 Å². The summed E-state index contributed by atoms with van der Waals surface area (Å²) in [5.74, 6) is -0.977. The maximum atomic E-state index is 12.2. The van der Waals surface area contributed by atoms with E-state index in [1.807, 2.05) is 0 Å². The smallest absolute Gasteiger partial charge is 0.352 e. The number of benzene rings is 1. The molecule has 0 aliphatic heterocycles. The van der Waals surface area contributed by atoms with Crippen molar-refractivity contribution in [3.8, 4) is 5.69 Å². The van der Waals surface area contributed by atoms with Crippen LogP contribution in [0.2, 0.25) is 5.02 Å². The Bertz CT molecular complexity index is 787. The Balaban J connectivity index is 2.74. The number of nitrogens with zero attached hydrogens (tertiary/aromatic N) is 2. The number of halogens is 2. The zero-order chi connectivity index (χ0) is 15.7. The highest BCUT2D eigenvalue weighted by Gasteiger charge is 2.16. The van der Waals surface area contributed by atoms with Gasteiger partial charge in [0.25, 0.3) is 0 Å². The van der Waals surface area contributed by atoms with Crippen LogP contribution in [-0.2, 0) is 11.2 Å². The van der Waals surface area contributed by atoms with E-state index in [0.717, 1.165) is 4.47 Å². The molecule has 2 aromatic rings. The lowest BCUT2D eigenvalue weighted by Gasteiger charge is -2.15. The average Bonchev–Trinajstić information content (AvgIpc) is 2.36. The number of hydrogen-bond acceptors (Lipinski definition) is 3. The van der Waals surface area contributed by atoms with Crippen molar-refractivity contribution < 1.29 is 9.90 Å². The van der Waals surface area contributed by atoms with Crippen LogP contribution in [0, 0.1) is 13.8 Å². The lowest BCUT2D eigenvalue weighted by atomic mass is 10.1. The van der Waals surface area contributed by atoms with Crippen molar-refractivity contribution in [3.63, 3.8) is 0 Å². The van der Waals surface area contributed by atoms with Gasteiger partial charge in [0.1, 0.15) is 0 Å².